The van der Waals surface area contributed by atoms with Crippen LogP contribution in [0.5, 0.6) is 0 Å². The molecule has 0 unspecified atom stereocenters. The van der Waals surface area contributed by atoms with E-state index in [2.05, 4.69) is 20.5 Å². The normalized spacial score (nSPS) is 10.6. The number of rotatable bonds is 7. The Morgan fingerprint density at radius 1 is 1.00 bits per heavy atom. The number of halogens is 1. The van der Waals surface area contributed by atoms with E-state index in [4.69, 9.17) is 0 Å². The van der Waals surface area contributed by atoms with Crippen LogP contribution in [0.4, 0.5) is 4.39 Å². The second-order valence-corrected chi connectivity index (χ2v) is 6.11. The van der Waals surface area contributed by atoms with Gasteiger partial charge < -0.3 is 10.3 Å². The summed E-state index contributed by atoms with van der Waals surface area (Å²) in [5, 5.41) is 10.7. The van der Waals surface area contributed by atoms with Crippen molar-refractivity contribution in [3.8, 4) is 0 Å². The van der Waals surface area contributed by atoms with E-state index in [-0.39, 0.29) is 35.8 Å². The lowest BCUT2D eigenvalue weighted by Crippen LogP contribution is -2.25. The minimum Gasteiger partial charge on any atom is -0.352 e. The average molecular weight is 366 g/mol. The highest BCUT2D eigenvalue weighted by atomic mass is 19.1. The minimum atomic E-state index is -0.363. The van der Waals surface area contributed by atoms with E-state index in [9.17, 15) is 14.0 Å². The fraction of sp³-hybridized carbons (Fsp3) is 0.200. The molecule has 1 amide bonds. The van der Waals surface area contributed by atoms with Crippen molar-refractivity contribution in [2.75, 3.05) is 0 Å². The van der Waals surface area contributed by atoms with Gasteiger partial charge in [-0.25, -0.2) is 4.39 Å². The van der Waals surface area contributed by atoms with Crippen LogP contribution in [0.25, 0.3) is 0 Å². The van der Waals surface area contributed by atoms with Gasteiger partial charge in [-0.05, 0) is 23.3 Å². The molecule has 0 aliphatic carbocycles. The number of hydrogen-bond acceptors (Lipinski definition) is 4. The van der Waals surface area contributed by atoms with Crippen molar-refractivity contribution in [3.05, 3.63) is 93.4 Å². The number of benzene rings is 2. The number of aromatic amines is 1. The molecule has 0 bridgehead atoms. The monoisotopic (exact) mass is 366 g/mol. The predicted octanol–water partition coefficient (Wildman–Crippen LogP) is 2.14. The van der Waals surface area contributed by atoms with Crippen molar-refractivity contribution in [2.45, 2.75) is 25.8 Å². The van der Waals surface area contributed by atoms with Gasteiger partial charge >= 0.3 is 0 Å². The molecule has 2 N–H and O–H groups in total. The molecule has 0 aliphatic rings. The maximum atomic E-state index is 12.9. The number of hydrogen-bond donors (Lipinski definition) is 2. The van der Waals surface area contributed by atoms with Crippen molar-refractivity contribution in [1.29, 1.82) is 0 Å². The van der Waals surface area contributed by atoms with Crippen LogP contribution < -0.4 is 10.9 Å². The van der Waals surface area contributed by atoms with Gasteiger partial charge in [-0.3, -0.25) is 9.59 Å². The van der Waals surface area contributed by atoms with Gasteiger partial charge in [0, 0.05) is 25.8 Å². The third-order valence-corrected chi connectivity index (χ3v) is 4.02. The van der Waals surface area contributed by atoms with Gasteiger partial charge in [0.15, 0.2) is 0 Å². The molecule has 0 saturated heterocycles. The lowest BCUT2D eigenvalue weighted by atomic mass is 10.1. The van der Waals surface area contributed by atoms with Crippen LogP contribution in [0.2, 0.25) is 0 Å². The second-order valence-electron chi connectivity index (χ2n) is 6.11. The minimum absolute atomic E-state index is 0.155. The molecular formula is C20H19FN4O2. The van der Waals surface area contributed by atoms with Crippen LogP contribution in [-0.4, -0.2) is 21.1 Å². The van der Waals surface area contributed by atoms with Crippen molar-refractivity contribution < 1.29 is 9.18 Å². The molecule has 3 aromatic rings. The molecule has 7 heteroatoms. The standard InChI is InChI=1S/C20H19FN4O2/c21-16-8-6-14(7-9-16)12-18-23-20(27)17(24-25-18)10-11-19(26)22-13-15-4-2-1-3-5-15/h1-9H,10-13H2,(H,22,26)(H,23,25,27). The summed E-state index contributed by atoms with van der Waals surface area (Å²) >= 11 is 0. The maximum Gasteiger partial charge on any atom is 0.272 e. The largest absolute Gasteiger partial charge is 0.352 e. The first-order valence-electron chi connectivity index (χ1n) is 8.60. The van der Waals surface area contributed by atoms with Gasteiger partial charge in [0.25, 0.3) is 5.56 Å². The zero-order valence-corrected chi connectivity index (χ0v) is 14.6. The first-order chi connectivity index (χ1) is 13.1. The van der Waals surface area contributed by atoms with E-state index < -0.39 is 0 Å². The molecule has 0 saturated carbocycles. The summed E-state index contributed by atoms with van der Waals surface area (Å²) in [4.78, 5) is 26.7. The van der Waals surface area contributed by atoms with Crippen LogP contribution in [0.15, 0.2) is 59.4 Å². The fourth-order valence-electron chi connectivity index (χ4n) is 2.55. The van der Waals surface area contributed by atoms with E-state index in [1.54, 1.807) is 12.1 Å². The van der Waals surface area contributed by atoms with E-state index in [0.29, 0.717) is 18.8 Å². The molecule has 2 aromatic carbocycles. The average Bonchev–Trinajstić information content (AvgIpc) is 2.68. The number of aryl methyl sites for hydroxylation is 1. The Labute approximate surface area is 155 Å². The highest BCUT2D eigenvalue weighted by Gasteiger charge is 2.09. The molecule has 0 fully saturated rings. The SMILES string of the molecule is O=C(CCc1nnc(Cc2ccc(F)cc2)[nH]c1=O)NCc1ccccc1. The summed E-state index contributed by atoms with van der Waals surface area (Å²) in [6.45, 7) is 0.443. The summed E-state index contributed by atoms with van der Waals surface area (Å²) < 4.78 is 12.9. The number of aromatic nitrogens is 3. The predicted molar refractivity (Wildman–Crippen MR) is 98.5 cm³/mol. The van der Waals surface area contributed by atoms with E-state index in [1.165, 1.54) is 12.1 Å². The number of carbonyl (C=O) groups excluding carboxylic acids is 1. The van der Waals surface area contributed by atoms with Crippen LogP contribution in [0, 0.1) is 5.82 Å². The lowest BCUT2D eigenvalue weighted by molar-refractivity contribution is -0.121. The molecule has 1 heterocycles. The molecule has 27 heavy (non-hydrogen) atoms. The van der Waals surface area contributed by atoms with Crippen molar-refractivity contribution >= 4 is 5.91 Å². The molecule has 0 radical (unpaired) electrons. The zero-order valence-electron chi connectivity index (χ0n) is 14.6. The third kappa shape index (κ3) is 5.57. The van der Waals surface area contributed by atoms with E-state index in [0.717, 1.165) is 11.1 Å². The highest BCUT2D eigenvalue weighted by molar-refractivity contribution is 5.76. The molecule has 138 valence electrons. The van der Waals surface area contributed by atoms with Crippen molar-refractivity contribution in [2.24, 2.45) is 0 Å². The van der Waals surface area contributed by atoms with Crippen molar-refractivity contribution in [1.82, 2.24) is 20.5 Å². The third-order valence-electron chi connectivity index (χ3n) is 4.02. The number of nitrogens with zero attached hydrogens (tertiary/aromatic N) is 2. The molecule has 1 aromatic heterocycles. The van der Waals surface area contributed by atoms with Crippen molar-refractivity contribution in [3.63, 3.8) is 0 Å². The molecule has 0 spiro atoms. The molecule has 3 rings (SSSR count). The number of nitrogens with one attached hydrogen (secondary N) is 2. The smallest absolute Gasteiger partial charge is 0.272 e. The van der Waals surface area contributed by atoms with Crippen LogP contribution in [-0.2, 0) is 24.2 Å². The lowest BCUT2D eigenvalue weighted by Gasteiger charge is -2.05. The van der Waals surface area contributed by atoms with Crippen LogP contribution >= 0.6 is 0 Å². The van der Waals surface area contributed by atoms with Gasteiger partial charge in [-0.15, -0.1) is 10.2 Å². The summed E-state index contributed by atoms with van der Waals surface area (Å²) in [5.74, 6) is -0.0847. The molecular weight excluding hydrogens is 347 g/mol. The summed E-state index contributed by atoms with van der Waals surface area (Å²) in [7, 11) is 0. The van der Waals surface area contributed by atoms with Crippen LogP contribution in [0.1, 0.15) is 29.1 Å². The maximum absolute atomic E-state index is 12.9. The highest BCUT2D eigenvalue weighted by Crippen LogP contribution is 2.06. The summed E-state index contributed by atoms with van der Waals surface area (Å²) in [6, 6.07) is 15.5. The van der Waals surface area contributed by atoms with Gasteiger partial charge in [0.05, 0.1) is 0 Å². The first kappa shape index (κ1) is 18.4. The molecule has 0 atom stereocenters. The quantitative estimate of drug-likeness (QED) is 0.671. The Bertz CT molecular complexity index is 956. The Kier molecular flexibility index (Phi) is 6.04. The van der Waals surface area contributed by atoms with E-state index >= 15 is 0 Å². The Morgan fingerprint density at radius 2 is 1.74 bits per heavy atom. The molecule has 6 nitrogen and oxygen atoms in total. The molecule has 0 aliphatic heterocycles. The summed E-state index contributed by atoms with van der Waals surface area (Å²) in [5.41, 5.74) is 1.67. The number of amides is 1. The van der Waals surface area contributed by atoms with Gasteiger partial charge in [-0.2, -0.15) is 0 Å². The van der Waals surface area contributed by atoms with Gasteiger partial charge in [0.1, 0.15) is 17.3 Å². The van der Waals surface area contributed by atoms with Gasteiger partial charge in [0.2, 0.25) is 5.91 Å². The Balaban J connectivity index is 1.52. The first-order valence-corrected chi connectivity index (χ1v) is 8.60. The fourth-order valence-corrected chi connectivity index (χ4v) is 2.55. The topological polar surface area (TPSA) is 87.7 Å². The number of H-pyrrole nitrogens is 1. The zero-order chi connectivity index (χ0) is 19.1. The Morgan fingerprint density at radius 3 is 2.44 bits per heavy atom. The van der Waals surface area contributed by atoms with E-state index in [1.807, 2.05) is 30.3 Å². The van der Waals surface area contributed by atoms with Crippen LogP contribution in [0.3, 0.4) is 0 Å². The summed E-state index contributed by atoms with van der Waals surface area (Å²) in [6.07, 6.45) is 0.710. The second kappa shape index (κ2) is 8.84. The Hall–Kier alpha value is -3.35. The number of carbonyl (C=O) groups is 1. The van der Waals surface area contributed by atoms with Gasteiger partial charge in [-0.1, -0.05) is 42.5 Å².